The van der Waals surface area contributed by atoms with Crippen molar-refractivity contribution in [2.45, 2.75) is 105 Å². The van der Waals surface area contributed by atoms with Gasteiger partial charge in [0, 0.05) is 34.1 Å². The minimum absolute atomic E-state index is 0.0872. The molecule has 2 saturated carbocycles. The Morgan fingerprint density at radius 2 is 1.32 bits per heavy atom. The zero-order valence-corrected chi connectivity index (χ0v) is 34.6. The van der Waals surface area contributed by atoms with Crippen LogP contribution in [-0.2, 0) is 45.1 Å². The third-order valence-electron chi connectivity index (χ3n) is 13.6. The number of aromatic hydroxyl groups is 1. The molecule has 0 spiro atoms. The van der Waals surface area contributed by atoms with Gasteiger partial charge in [0.2, 0.25) is 5.43 Å². The van der Waals surface area contributed by atoms with Gasteiger partial charge < -0.3 is 34.8 Å². The molecule has 2 fully saturated rings. The molecule has 11 nitrogen and oxygen atoms in total. The number of benzene rings is 5. The first-order valence-electron chi connectivity index (χ1n) is 21.4. The number of esters is 2. The SMILES string of the molecule is CCOC(=O)C1CCC(CCc2c(O)c3c(=O)cc(CO)c4c5c(CO)cc(NCC6CCC(C(=O)OCC)CC6)c6c(=O)c(OC)c7c(c(c2C=C(C)C7)c34)c65)CC1. The fourth-order valence-electron chi connectivity index (χ4n) is 10.8. The standard InChI is InChI=1S/C48H55NO10/c1-5-58-47(55)27-12-7-25(8-13-27)11-16-31-32-17-24(3)18-33-39-38(32)43-37(30(23-51)20-35(52)41(43)44(31)53)36-29(22-50)19-34(40(42(36)39)45(54)46(33)57-4)49-21-26-9-14-28(15-10-26)48(56)59-6-2/h17,19-20,25-28,49-51,53H,5-16,18,21-23H2,1-4H3. The fraction of sp³-hybridized carbons (Fsp3) is 0.500. The second-order valence-electron chi connectivity index (χ2n) is 17.0. The van der Waals surface area contributed by atoms with E-state index in [1.807, 2.05) is 20.8 Å². The maximum atomic E-state index is 14.9. The number of carbonyl (C=O) groups is 2. The van der Waals surface area contributed by atoms with Gasteiger partial charge in [-0.15, -0.1) is 0 Å². The van der Waals surface area contributed by atoms with E-state index >= 15 is 0 Å². The number of hydrogen-bond donors (Lipinski definition) is 4. The third-order valence-corrected chi connectivity index (χ3v) is 13.6. The van der Waals surface area contributed by atoms with E-state index in [2.05, 4.69) is 11.4 Å². The molecule has 4 N–H and O–H groups in total. The molecule has 0 heterocycles. The maximum absolute atomic E-state index is 14.9. The molecule has 3 aliphatic carbocycles. The summed E-state index contributed by atoms with van der Waals surface area (Å²) in [6, 6.07) is 3.17. The van der Waals surface area contributed by atoms with E-state index < -0.39 is 12.0 Å². The van der Waals surface area contributed by atoms with Gasteiger partial charge in [0.1, 0.15) is 5.75 Å². The van der Waals surface area contributed by atoms with Gasteiger partial charge >= 0.3 is 11.9 Å². The molecule has 59 heavy (non-hydrogen) atoms. The summed E-state index contributed by atoms with van der Waals surface area (Å²) in [4.78, 5) is 54.0. The molecule has 0 unspecified atom stereocenters. The largest absolute Gasteiger partial charge is 0.507 e. The predicted molar refractivity (Wildman–Crippen MR) is 230 cm³/mol. The predicted octanol–water partition coefficient (Wildman–Crippen LogP) is 7.64. The highest BCUT2D eigenvalue weighted by Gasteiger charge is 2.34. The molecule has 0 saturated heterocycles. The van der Waals surface area contributed by atoms with Crippen LogP contribution in [0.3, 0.4) is 0 Å². The Balaban J connectivity index is 1.33. The second-order valence-corrected chi connectivity index (χ2v) is 17.0. The van der Waals surface area contributed by atoms with Crippen molar-refractivity contribution in [1.82, 2.24) is 0 Å². The molecule has 0 amide bonds. The highest BCUT2D eigenvalue weighted by atomic mass is 16.5. The van der Waals surface area contributed by atoms with Crippen LogP contribution in [0.1, 0.15) is 106 Å². The fourth-order valence-corrected chi connectivity index (χ4v) is 10.8. The summed E-state index contributed by atoms with van der Waals surface area (Å²) in [5.41, 5.74) is 3.79. The molecule has 8 rings (SSSR count). The molecule has 0 aromatic heterocycles. The van der Waals surface area contributed by atoms with Crippen LogP contribution in [0.5, 0.6) is 11.5 Å². The van der Waals surface area contributed by atoms with Gasteiger partial charge in [-0.2, -0.15) is 0 Å². The first kappa shape index (κ1) is 40.8. The monoisotopic (exact) mass is 805 g/mol. The number of rotatable bonds is 13. The van der Waals surface area contributed by atoms with E-state index in [9.17, 15) is 34.5 Å². The van der Waals surface area contributed by atoms with E-state index in [0.29, 0.717) is 93.4 Å². The highest BCUT2D eigenvalue weighted by Crippen LogP contribution is 2.52. The van der Waals surface area contributed by atoms with E-state index in [4.69, 9.17) is 14.2 Å². The number of phenolic OH excluding ortho intramolecular Hbond substituents is 1. The van der Waals surface area contributed by atoms with Crippen molar-refractivity contribution in [3.8, 4) is 11.5 Å². The van der Waals surface area contributed by atoms with Gasteiger partial charge in [0.15, 0.2) is 11.2 Å². The summed E-state index contributed by atoms with van der Waals surface area (Å²) in [6.07, 6.45) is 10.00. The number of ether oxygens (including phenoxy) is 3. The molecular weight excluding hydrogens is 751 g/mol. The van der Waals surface area contributed by atoms with Crippen LogP contribution in [0.15, 0.2) is 27.3 Å². The maximum Gasteiger partial charge on any atom is 0.308 e. The average Bonchev–Trinajstić information content (AvgIpc) is 3.39. The number of carbonyl (C=O) groups excluding carboxylic acids is 2. The average molecular weight is 806 g/mol. The molecule has 5 aromatic carbocycles. The Morgan fingerprint density at radius 3 is 1.90 bits per heavy atom. The Bertz CT molecular complexity index is 2600. The highest BCUT2D eigenvalue weighted by molar-refractivity contribution is 6.38. The molecule has 5 aromatic rings. The number of hydrogen-bond acceptors (Lipinski definition) is 11. The van der Waals surface area contributed by atoms with Gasteiger partial charge in [-0.25, -0.2) is 0 Å². The lowest BCUT2D eigenvalue weighted by molar-refractivity contribution is -0.150. The number of aliphatic hydroxyl groups is 2. The van der Waals surface area contributed by atoms with Gasteiger partial charge in [0.05, 0.1) is 56.1 Å². The van der Waals surface area contributed by atoms with Crippen molar-refractivity contribution in [1.29, 1.82) is 0 Å². The zero-order chi connectivity index (χ0) is 41.7. The van der Waals surface area contributed by atoms with E-state index in [1.165, 1.54) is 13.2 Å². The van der Waals surface area contributed by atoms with Crippen LogP contribution in [0.25, 0.3) is 49.2 Å². The van der Waals surface area contributed by atoms with Crippen molar-refractivity contribution in [2.24, 2.45) is 23.7 Å². The van der Waals surface area contributed by atoms with Crippen LogP contribution in [-0.4, -0.2) is 54.1 Å². The lowest BCUT2D eigenvalue weighted by atomic mass is 9.77. The van der Waals surface area contributed by atoms with Crippen LogP contribution >= 0.6 is 0 Å². The number of phenols is 1. The molecule has 0 atom stereocenters. The molecule has 0 radical (unpaired) electrons. The number of nitrogens with one attached hydrogen (secondary N) is 1. The van der Waals surface area contributed by atoms with Crippen LogP contribution in [0.2, 0.25) is 0 Å². The lowest BCUT2D eigenvalue weighted by Crippen LogP contribution is -2.27. The Morgan fingerprint density at radius 1 is 0.746 bits per heavy atom. The smallest absolute Gasteiger partial charge is 0.308 e. The van der Waals surface area contributed by atoms with Gasteiger partial charge in [-0.05, 0) is 154 Å². The van der Waals surface area contributed by atoms with Gasteiger partial charge in [0.25, 0.3) is 0 Å². The van der Waals surface area contributed by atoms with Crippen molar-refractivity contribution in [2.75, 3.05) is 32.2 Å². The normalized spacial score (nSPS) is 20.7. The minimum Gasteiger partial charge on any atom is -0.507 e. The topological polar surface area (TPSA) is 169 Å². The summed E-state index contributed by atoms with van der Waals surface area (Å²) in [7, 11) is 1.50. The number of allylic oxidation sites excluding steroid dienone is 1. The minimum atomic E-state index is -0.468. The second kappa shape index (κ2) is 16.6. The quantitative estimate of drug-likeness (QED) is 0.0525. The number of fused-ring (bicyclic) bond motifs is 1. The lowest BCUT2D eigenvalue weighted by Gasteiger charge is -2.29. The van der Waals surface area contributed by atoms with Crippen molar-refractivity contribution < 1.29 is 39.1 Å². The van der Waals surface area contributed by atoms with E-state index in [0.717, 1.165) is 79.7 Å². The Kier molecular flexibility index (Phi) is 11.4. The summed E-state index contributed by atoms with van der Waals surface area (Å²) < 4.78 is 16.6. The van der Waals surface area contributed by atoms with Gasteiger partial charge in [-0.1, -0.05) is 11.6 Å². The van der Waals surface area contributed by atoms with Crippen molar-refractivity contribution in [3.05, 3.63) is 66.0 Å². The van der Waals surface area contributed by atoms with Crippen LogP contribution in [0.4, 0.5) is 5.69 Å². The van der Waals surface area contributed by atoms with E-state index in [-0.39, 0.29) is 58.6 Å². The number of aliphatic hydroxyl groups excluding tert-OH is 2. The van der Waals surface area contributed by atoms with Crippen LogP contribution < -0.4 is 20.9 Å². The number of anilines is 1. The Hall–Kier alpha value is -5.00. The summed E-state index contributed by atoms with van der Waals surface area (Å²) >= 11 is 0. The molecule has 312 valence electrons. The summed E-state index contributed by atoms with van der Waals surface area (Å²) in [5, 5.41) is 42.1. The zero-order valence-electron chi connectivity index (χ0n) is 34.6. The molecular formula is C48H55NO10. The molecule has 11 heteroatoms. The van der Waals surface area contributed by atoms with Crippen molar-refractivity contribution >= 4 is 66.8 Å². The molecule has 0 aliphatic heterocycles. The van der Waals surface area contributed by atoms with Crippen molar-refractivity contribution in [3.63, 3.8) is 0 Å². The molecule has 0 bridgehead atoms. The summed E-state index contributed by atoms with van der Waals surface area (Å²) in [6.45, 7) is 6.05. The van der Waals surface area contributed by atoms with Gasteiger partial charge in [-0.3, -0.25) is 19.2 Å². The first-order valence-corrected chi connectivity index (χ1v) is 21.4. The third kappa shape index (κ3) is 6.93. The number of methoxy groups -OCH3 is 1. The molecule has 3 aliphatic rings. The Labute approximate surface area is 343 Å². The van der Waals surface area contributed by atoms with E-state index in [1.54, 1.807) is 6.07 Å². The van der Waals surface area contributed by atoms with Crippen LogP contribution in [0, 0.1) is 23.7 Å². The first-order chi connectivity index (χ1) is 28.5. The summed E-state index contributed by atoms with van der Waals surface area (Å²) in [5.74, 6) is 0.186.